The first-order valence-corrected chi connectivity index (χ1v) is 16.8. The van der Waals surface area contributed by atoms with Gasteiger partial charge >= 0.3 is 17.9 Å². The first-order chi connectivity index (χ1) is 21.3. The third-order valence-electron chi connectivity index (χ3n) is 12.4. The van der Waals surface area contributed by atoms with E-state index in [0.717, 1.165) is 57.3 Å². The Balaban J connectivity index is 0.000000155. The average Bonchev–Trinajstić information content (AvgIpc) is 3.63. The summed E-state index contributed by atoms with van der Waals surface area (Å²) < 4.78 is 4.94. The van der Waals surface area contributed by atoms with Crippen molar-refractivity contribution in [3.05, 3.63) is 20.2 Å². The maximum Gasteiger partial charge on any atom is 0.306 e. The standard InChI is InChI=1S/C12H19NO4.C10H15NO4.C10H17NO2/c1-2-17-11(14)7-12(8-13(15)16)6-9-4-3-5-10(9)12;12-9(13)5-10(6-11(14)15)4-7-2-1-3-8(7)10;11-6-10(5-9(12)13)4-7-2-1-3-8(7)10/h9-10H,2-8H2,1H3;7-8H,1-6H2,(H,12,13);7-8H,1-6,11H2,(H,12,13)/t9-,10-,12-;2*7-,8-,10-/m111/s1. The van der Waals surface area contributed by atoms with Crippen LogP contribution in [-0.2, 0) is 19.1 Å². The van der Waals surface area contributed by atoms with Gasteiger partial charge in [0.2, 0.25) is 13.1 Å². The lowest BCUT2D eigenvalue weighted by molar-refractivity contribution is -0.506. The molecule has 6 aliphatic carbocycles. The number of nitrogens with zero attached hydrogens (tertiary/aromatic N) is 2. The van der Waals surface area contributed by atoms with Gasteiger partial charge in [0.1, 0.15) is 0 Å². The lowest BCUT2D eigenvalue weighted by Gasteiger charge is -2.51. The minimum Gasteiger partial charge on any atom is -0.481 e. The molecule has 0 heterocycles. The molecule has 6 rings (SSSR count). The van der Waals surface area contributed by atoms with E-state index < -0.39 is 22.8 Å². The van der Waals surface area contributed by atoms with Crippen LogP contribution in [0, 0.1) is 72.0 Å². The quantitative estimate of drug-likeness (QED) is 0.150. The van der Waals surface area contributed by atoms with Crippen LogP contribution in [0.5, 0.6) is 0 Å². The van der Waals surface area contributed by atoms with E-state index in [1.807, 2.05) is 0 Å². The zero-order valence-corrected chi connectivity index (χ0v) is 26.5. The van der Waals surface area contributed by atoms with Crippen LogP contribution in [-0.4, -0.2) is 64.2 Å². The third-order valence-corrected chi connectivity index (χ3v) is 12.4. The number of hydrogen-bond acceptors (Lipinski definition) is 9. The summed E-state index contributed by atoms with van der Waals surface area (Å²) in [6.07, 6.45) is 13.5. The molecular formula is C32H51N3O10. The number of ether oxygens (including phenoxy) is 1. The Labute approximate surface area is 264 Å². The number of hydrogen-bond donors (Lipinski definition) is 3. The van der Waals surface area contributed by atoms with E-state index in [4.69, 9.17) is 20.7 Å². The van der Waals surface area contributed by atoms with Crippen LogP contribution in [0.4, 0.5) is 0 Å². The van der Waals surface area contributed by atoms with Gasteiger partial charge in [-0.1, -0.05) is 38.5 Å². The van der Waals surface area contributed by atoms with Crippen LogP contribution in [0.1, 0.15) is 103 Å². The molecule has 0 aromatic rings. The van der Waals surface area contributed by atoms with Gasteiger partial charge in [-0.05, 0) is 92.9 Å². The fraction of sp³-hybridized carbons (Fsp3) is 0.906. The number of carbonyl (C=O) groups excluding carboxylic acids is 1. The van der Waals surface area contributed by atoms with Gasteiger partial charge in [-0.15, -0.1) is 0 Å². The summed E-state index contributed by atoms with van der Waals surface area (Å²) in [6, 6.07) is 0. The van der Waals surface area contributed by atoms with E-state index in [1.54, 1.807) is 6.92 Å². The Morgan fingerprint density at radius 2 is 1.09 bits per heavy atom. The molecule has 6 aliphatic rings. The van der Waals surface area contributed by atoms with Crippen LogP contribution in [0.3, 0.4) is 0 Å². The van der Waals surface area contributed by atoms with Gasteiger partial charge in [-0.25, -0.2) is 0 Å². The molecule has 0 aromatic carbocycles. The first-order valence-electron chi connectivity index (χ1n) is 16.8. The summed E-state index contributed by atoms with van der Waals surface area (Å²) in [7, 11) is 0. The molecule has 13 heteroatoms. The zero-order chi connectivity index (χ0) is 33.0. The van der Waals surface area contributed by atoms with Crippen molar-refractivity contribution in [1.29, 1.82) is 0 Å². The molecule has 13 nitrogen and oxygen atoms in total. The maximum absolute atomic E-state index is 11.6. The highest BCUT2D eigenvalue weighted by molar-refractivity contribution is 5.70. The van der Waals surface area contributed by atoms with E-state index in [1.165, 1.54) is 25.7 Å². The van der Waals surface area contributed by atoms with Crippen LogP contribution in [0.2, 0.25) is 0 Å². The molecule has 0 aliphatic heterocycles. The molecule has 6 fully saturated rings. The van der Waals surface area contributed by atoms with E-state index in [9.17, 15) is 34.6 Å². The van der Waals surface area contributed by atoms with Crippen molar-refractivity contribution in [3.8, 4) is 0 Å². The van der Waals surface area contributed by atoms with Gasteiger partial charge in [-0.3, -0.25) is 34.6 Å². The minimum absolute atomic E-state index is 0.0326. The molecule has 0 saturated heterocycles. The number of fused-ring (bicyclic) bond motifs is 3. The fourth-order valence-electron chi connectivity index (χ4n) is 10.8. The van der Waals surface area contributed by atoms with Gasteiger partial charge in [0.05, 0.1) is 25.9 Å². The van der Waals surface area contributed by atoms with Gasteiger partial charge in [-0.2, -0.15) is 0 Å². The van der Waals surface area contributed by atoms with Crippen molar-refractivity contribution in [1.82, 2.24) is 0 Å². The first kappa shape index (κ1) is 35.0. The molecule has 0 amide bonds. The molecule has 45 heavy (non-hydrogen) atoms. The summed E-state index contributed by atoms with van der Waals surface area (Å²) in [5, 5.41) is 39.0. The summed E-state index contributed by atoms with van der Waals surface area (Å²) >= 11 is 0. The number of carboxylic acid groups (broad SMARTS) is 2. The van der Waals surface area contributed by atoms with Crippen LogP contribution < -0.4 is 5.73 Å². The number of rotatable bonds is 12. The molecule has 0 aromatic heterocycles. The van der Waals surface area contributed by atoms with Crippen molar-refractivity contribution in [2.24, 2.45) is 57.5 Å². The normalized spacial score (nSPS) is 38.2. The third kappa shape index (κ3) is 7.60. The smallest absolute Gasteiger partial charge is 0.306 e. The Morgan fingerprint density at radius 3 is 1.44 bits per heavy atom. The molecule has 254 valence electrons. The van der Waals surface area contributed by atoms with Crippen molar-refractivity contribution >= 4 is 17.9 Å². The molecule has 0 spiro atoms. The number of aliphatic carboxylic acids is 2. The molecule has 0 radical (unpaired) electrons. The van der Waals surface area contributed by atoms with Crippen molar-refractivity contribution in [2.75, 3.05) is 26.2 Å². The van der Waals surface area contributed by atoms with Gasteiger partial charge in [0.15, 0.2) is 0 Å². The highest BCUT2D eigenvalue weighted by atomic mass is 16.6. The summed E-state index contributed by atoms with van der Waals surface area (Å²) in [5.41, 5.74) is 4.74. The zero-order valence-electron chi connectivity index (χ0n) is 26.5. The number of esters is 1. The molecule has 4 N–H and O–H groups in total. The minimum atomic E-state index is -0.901. The second-order valence-electron chi connectivity index (χ2n) is 14.9. The van der Waals surface area contributed by atoms with E-state index in [-0.39, 0.29) is 53.6 Å². The van der Waals surface area contributed by atoms with Crippen molar-refractivity contribution in [2.45, 2.75) is 103 Å². The summed E-state index contributed by atoms with van der Waals surface area (Å²) in [4.78, 5) is 53.8. The van der Waals surface area contributed by atoms with Crippen LogP contribution >= 0.6 is 0 Å². The van der Waals surface area contributed by atoms with Gasteiger partial charge < -0.3 is 20.7 Å². The highest BCUT2D eigenvalue weighted by Crippen LogP contribution is 2.62. The largest absolute Gasteiger partial charge is 0.481 e. The molecule has 0 bridgehead atoms. The predicted molar refractivity (Wildman–Crippen MR) is 162 cm³/mol. The van der Waals surface area contributed by atoms with E-state index >= 15 is 0 Å². The summed E-state index contributed by atoms with van der Waals surface area (Å²) in [5.74, 6) is 1.39. The van der Waals surface area contributed by atoms with Crippen LogP contribution in [0.25, 0.3) is 0 Å². The molecular weight excluding hydrogens is 586 g/mol. The topological polar surface area (TPSA) is 213 Å². The Morgan fingerprint density at radius 1 is 0.711 bits per heavy atom. The maximum atomic E-state index is 11.6. The van der Waals surface area contributed by atoms with Gasteiger partial charge in [0, 0.05) is 20.7 Å². The summed E-state index contributed by atoms with van der Waals surface area (Å²) in [6.45, 7) is 2.42. The molecule has 0 unspecified atom stereocenters. The predicted octanol–water partition coefficient (Wildman–Crippen LogP) is 4.79. The SMILES string of the molecule is CCOC(=O)C[C@@]1(C[N+](=O)[O-])C[C@H]2CCC[C@H]21.NC[C@]1(CC(=O)O)C[C@H]2CCC[C@H]21.O=C(O)C[C@@]1(C[N+](=O)[O-])C[C@H]2CCC[C@H]21. The molecule has 6 saturated carbocycles. The average molecular weight is 638 g/mol. The number of nitro groups is 2. The highest BCUT2D eigenvalue weighted by Gasteiger charge is 2.60. The lowest BCUT2D eigenvalue weighted by atomic mass is 9.53. The number of carbonyl (C=O) groups is 3. The molecule has 9 atom stereocenters. The fourth-order valence-corrected chi connectivity index (χ4v) is 10.8. The second-order valence-corrected chi connectivity index (χ2v) is 14.9. The number of nitrogens with two attached hydrogens (primary N) is 1. The van der Waals surface area contributed by atoms with E-state index in [2.05, 4.69) is 0 Å². The van der Waals surface area contributed by atoms with Gasteiger partial charge in [0.25, 0.3) is 0 Å². The number of carboxylic acids is 2. The van der Waals surface area contributed by atoms with E-state index in [0.29, 0.717) is 42.7 Å². The van der Waals surface area contributed by atoms with Crippen molar-refractivity contribution in [3.63, 3.8) is 0 Å². The van der Waals surface area contributed by atoms with Crippen LogP contribution in [0.15, 0.2) is 0 Å². The lowest BCUT2D eigenvalue weighted by Crippen LogP contribution is -2.51. The monoisotopic (exact) mass is 637 g/mol. The Hall–Kier alpha value is -2.83. The Kier molecular flexibility index (Phi) is 11.1. The Bertz CT molecular complexity index is 1120. The second kappa shape index (κ2) is 14.3. The van der Waals surface area contributed by atoms with Crippen molar-refractivity contribution < 1.29 is 39.2 Å².